The third-order valence-electron chi connectivity index (χ3n) is 2.81. The van der Waals surface area contributed by atoms with E-state index in [2.05, 4.69) is 5.32 Å². The molecule has 4 heteroatoms. The van der Waals surface area contributed by atoms with Crippen LogP contribution in [0, 0.1) is 0 Å². The minimum atomic E-state index is -0.657. The minimum absolute atomic E-state index is 0. The normalized spacial score (nSPS) is 19.3. The summed E-state index contributed by atoms with van der Waals surface area (Å²) in [5.41, 5.74) is 0.318. The van der Waals surface area contributed by atoms with E-state index in [1.807, 2.05) is 24.3 Å². The van der Waals surface area contributed by atoms with Gasteiger partial charge >= 0.3 is 0 Å². The van der Waals surface area contributed by atoms with Crippen molar-refractivity contribution in [1.82, 2.24) is 5.32 Å². The van der Waals surface area contributed by atoms with Crippen molar-refractivity contribution in [2.24, 2.45) is 0 Å². The standard InChI is InChI=1S/C11H14ClNO.ClH/c12-10-3-1-9(2-4-10)11(14)5-7-13-8-6-11;/h1-4,13-14H,5-8H2;1H/p-1. The molecule has 2 nitrogen and oxygen atoms in total. The van der Waals surface area contributed by atoms with E-state index in [9.17, 15) is 5.11 Å². The number of hydrogen-bond acceptors (Lipinski definition) is 2. The second-order valence-corrected chi connectivity index (χ2v) is 4.22. The first kappa shape index (κ1) is 12.8. The zero-order chi connectivity index (χ0) is 10.0. The lowest BCUT2D eigenvalue weighted by Crippen LogP contribution is -3.00. The molecule has 1 aliphatic heterocycles. The molecule has 15 heavy (non-hydrogen) atoms. The summed E-state index contributed by atoms with van der Waals surface area (Å²) in [7, 11) is 0. The molecule has 0 atom stereocenters. The van der Waals surface area contributed by atoms with Gasteiger partial charge in [0.1, 0.15) is 0 Å². The average molecular weight is 247 g/mol. The predicted octanol–water partition coefficient (Wildman–Crippen LogP) is -1.08. The van der Waals surface area contributed by atoms with Crippen molar-refractivity contribution in [2.75, 3.05) is 13.1 Å². The van der Waals surface area contributed by atoms with Gasteiger partial charge in [0, 0.05) is 5.02 Å². The Morgan fingerprint density at radius 2 is 1.67 bits per heavy atom. The smallest absolute Gasteiger partial charge is 0.0920 e. The molecule has 1 heterocycles. The monoisotopic (exact) mass is 246 g/mol. The van der Waals surface area contributed by atoms with Crippen LogP contribution < -0.4 is 17.7 Å². The van der Waals surface area contributed by atoms with Crippen LogP contribution in [-0.2, 0) is 5.60 Å². The molecule has 0 bridgehead atoms. The summed E-state index contributed by atoms with van der Waals surface area (Å²) in [6, 6.07) is 7.48. The summed E-state index contributed by atoms with van der Waals surface area (Å²) >= 11 is 5.80. The summed E-state index contributed by atoms with van der Waals surface area (Å²) < 4.78 is 0. The van der Waals surface area contributed by atoms with Gasteiger partial charge in [-0.2, -0.15) is 0 Å². The van der Waals surface area contributed by atoms with Gasteiger partial charge in [0.25, 0.3) is 0 Å². The van der Waals surface area contributed by atoms with Gasteiger partial charge in [-0.05, 0) is 43.6 Å². The van der Waals surface area contributed by atoms with E-state index < -0.39 is 5.60 Å². The maximum Gasteiger partial charge on any atom is 0.0920 e. The first-order valence-corrected chi connectivity index (χ1v) is 5.28. The van der Waals surface area contributed by atoms with Crippen LogP contribution in [0.4, 0.5) is 0 Å². The number of aliphatic hydroxyl groups is 1. The number of rotatable bonds is 1. The highest BCUT2D eigenvalue weighted by atomic mass is 35.5. The highest BCUT2D eigenvalue weighted by Crippen LogP contribution is 2.30. The van der Waals surface area contributed by atoms with E-state index in [-0.39, 0.29) is 12.4 Å². The molecular formula is C11H14Cl2NO-. The Labute approximate surface area is 101 Å². The van der Waals surface area contributed by atoms with Crippen molar-refractivity contribution in [2.45, 2.75) is 18.4 Å². The summed E-state index contributed by atoms with van der Waals surface area (Å²) in [4.78, 5) is 0. The van der Waals surface area contributed by atoms with E-state index in [0.717, 1.165) is 31.5 Å². The molecule has 0 aromatic heterocycles. The zero-order valence-corrected chi connectivity index (χ0v) is 9.85. The van der Waals surface area contributed by atoms with Gasteiger partial charge in [0.05, 0.1) is 5.60 Å². The Morgan fingerprint density at radius 3 is 2.20 bits per heavy atom. The van der Waals surface area contributed by atoms with Crippen LogP contribution in [-0.4, -0.2) is 18.2 Å². The van der Waals surface area contributed by atoms with Crippen LogP contribution >= 0.6 is 11.6 Å². The quantitative estimate of drug-likeness (QED) is 0.661. The lowest BCUT2D eigenvalue weighted by molar-refractivity contribution is -0.0000664. The summed E-state index contributed by atoms with van der Waals surface area (Å²) in [5, 5.41) is 14.3. The van der Waals surface area contributed by atoms with Gasteiger partial charge < -0.3 is 22.8 Å². The minimum Gasteiger partial charge on any atom is -1.00 e. The molecule has 84 valence electrons. The van der Waals surface area contributed by atoms with Crippen LogP contribution in [0.1, 0.15) is 18.4 Å². The first-order chi connectivity index (χ1) is 6.71. The van der Waals surface area contributed by atoms with Gasteiger partial charge in [-0.25, -0.2) is 0 Å². The Hall–Kier alpha value is -0.280. The number of nitrogens with one attached hydrogen (secondary N) is 1. The zero-order valence-electron chi connectivity index (χ0n) is 8.34. The van der Waals surface area contributed by atoms with Gasteiger partial charge in [-0.3, -0.25) is 0 Å². The molecule has 2 rings (SSSR count). The van der Waals surface area contributed by atoms with Crippen LogP contribution in [0.15, 0.2) is 24.3 Å². The van der Waals surface area contributed by atoms with Crippen LogP contribution in [0.2, 0.25) is 5.02 Å². The average Bonchev–Trinajstić information content (AvgIpc) is 2.19. The molecular weight excluding hydrogens is 233 g/mol. The van der Waals surface area contributed by atoms with Crippen molar-refractivity contribution < 1.29 is 17.5 Å². The van der Waals surface area contributed by atoms with E-state index in [1.54, 1.807) is 0 Å². The molecule has 1 aromatic rings. The SMILES string of the molecule is OC1(c2ccc(Cl)cc2)CCNCC1.[Cl-]. The first-order valence-electron chi connectivity index (χ1n) is 4.90. The Balaban J connectivity index is 0.00000112. The maximum atomic E-state index is 10.4. The van der Waals surface area contributed by atoms with Gasteiger partial charge in [0.15, 0.2) is 0 Å². The van der Waals surface area contributed by atoms with Crippen molar-refractivity contribution in [3.63, 3.8) is 0 Å². The molecule has 2 N–H and O–H groups in total. The van der Waals surface area contributed by atoms with Crippen molar-refractivity contribution in [3.05, 3.63) is 34.9 Å². The number of halogens is 2. The lowest BCUT2D eigenvalue weighted by atomic mass is 9.85. The van der Waals surface area contributed by atoms with Crippen LogP contribution in [0.5, 0.6) is 0 Å². The van der Waals surface area contributed by atoms with Crippen molar-refractivity contribution in [1.29, 1.82) is 0 Å². The molecule has 1 aliphatic rings. The summed E-state index contributed by atoms with van der Waals surface area (Å²) in [5.74, 6) is 0. The molecule has 0 radical (unpaired) electrons. The fourth-order valence-electron chi connectivity index (χ4n) is 1.89. The van der Waals surface area contributed by atoms with Gasteiger partial charge in [0.2, 0.25) is 0 Å². The van der Waals surface area contributed by atoms with Crippen molar-refractivity contribution in [3.8, 4) is 0 Å². The molecule has 0 amide bonds. The molecule has 0 saturated carbocycles. The highest BCUT2D eigenvalue weighted by molar-refractivity contribution is 6.30. The van der Waals surface area contributed by atoms with Crippen LogP contribution in [0.25, 0.3) is 0 Å². The second-order valence-electron chi connectivity index (χ2n) is 3.79. The molecule has 1 aromatic carbocycles. The number of piperidine rings is 1. The molecule has 1 saturated heterocycles. The van der Waals surface area contributed by atoms with Gasteiger partial charge in [-0.15, -0.1) is 0 Å². The predicted molar refractivity (Wildman–Crippen MR) is 57.5 cm³/mol. The van der Waals surface area contributed by atoms with Gasteiger partial charge in [-0.1, -0.05) is 23.7 Å². The second kappa shape index (κ2) is 5.17. The summed E-state index contributed by atoms with van der Waals surface area (Å²) in [6.07, 6.45) is 1.54. The lowest BCUT2D eigenvalue weighted by Gasteiger charge is -2.33. The topological polar surface area (TPSA) is 32.3 Å². The number of hydrogen-bond donors (Lipinski definition) is 2. The molecule has 0 unspecified atom stereocenters. The fraction of sp³-hybridized carbons (Fsp3) is 0.455. The van der Waals surface area contributed by atoms with E-state index in [4.69, 9.17) is 11.6 Å². The third-order valence-corrected chi connectivity index (χ3v) is 3.06. The largest absolute Gasteiger partial charge is 1.00 e. The Kier molecular flexibility index (Phi) is 4.41. The Bertz CT molecular complexity index is 307. The maximum absolute atomic E-state index is 10.4. The molecule has 0 spiro atoms. The van der Waals surface area contributed by atoms with Crippen molar-refractivity contribution >= 4 is 11.6 Å². The van der Waals surface area contributed by atoms with E-state index in [0.29, 0.717) is 5.02 Å². The Morgan fingerprint density at radius 1 is 1.13 bits per heavy atom. The van der Waals surface area contributed by atoms with E-state index >= 15 is 0 Å². The highest BCUT2D eigenvalue weighted by Gasteiger charge is 2.30. The molecule has 0 aliphatic carbocycles. The van der Waals surface area contributed by atoms with Crippen LogP contribution in [0.3, 0.4) is 0 Å². The summed E-state index contributed by atoms with van der Waals surface area (Å²) in [6.45, 7) is 1.75. The third kappa shape index (κ3) is 2.85. The van der Waals surface area contributed by atoms with E-state index in [1.165, 1.54) is 0 Å². The number of benzene rings is 1. The fourth-order valence-corrected chi connectivity index (χ4v) is 2.02. The molecule has 1 fully saturated rings.